The predicted molar refractivity (Wildman–Crippen MR) is 75.4 cm³/mol. The molecule has 5 heteroatoms. The number of imide groups is 1. The van der Waals surface area contributed by atoms with Gasteiger partial charge in [-0.2, -0.15) is 0 Å². The van der Waals surface area contributed by atoms with E-state index in [1.165, 1.54) is 11.0 Å². The maximum atomic E-state index is 13.7. The van der Waals surface area contributed by atoms with Crippen molar-refractivity contribution in [3.05, 3.63) is 35.6 Å². The normalized spacial score (nSPS) is 29.9. The SMILES string of the molecule is CC1CC2C(=O)N(CC(N)c3ccccc3F)C(=O)C2C1. The number of nitrogens with zero attached hydrogens (tertiary/aromatic N) is 1. The Balaban J connectivity index is 1.76. The molecule has 1 aromatic carbocycles. The van der Waals surface area contributed by atoms with Crippen molar-refractivity contribution in [1.29, 1.82) is 0 Å². The molecule has 0 aromatic heterocycles. The summed E-state index contributed by atoms with van der Waals surface area (Å²) in [5.41, 5.74) is 6.33. The van der Waals surface area contributed by atoms with Crippen molar-refractivity contribution >= 4 is 11.8 Å². The van der Waals surface area contributed by atoms with Crippen molar-refractivity contribution in [3.63, 3.8) is 0 Å². The molecule has 21 heavy (non-hydrogen) atoms. The van der Waals surface area contributed by atoms with E-state index >= 15 is 0 Å². The Morgan fingerprint density at radius 2 is 1.81 bits per heavy atom. The summed E-state index contributed by atoms with van der Waals surface area (Å²) in [7, 11) is 0. The third kappa shape index (κ3) is 2.35. The molecule has 4 nitrogen and oxygen atoms in total. The zero-order chi connectivity index (χ0) is 15.1. The average Bonchev–Trinajstić information content (AvgIpc) is 2.93. The Hall–Kier alpha value is -1.75. The fourth-order valence-corrected chi connectivity index (χ4v) is 3.60. The maximum Gasteiger partial charge on any atom is 0.233 e. The van der Waals surface area contributed by atoms with Gasteiger partial charge < -0.3 is 5.73 Å². The second-order valence-electron chi connectivity index (χ2n) is 6.20. The molecule has 0 spiro atoms. The van der Waals surface area contributed by atoms with Crippen LogP contribution in [0.15, 0.2) is 24.3 Å². The van der Waals surface area contributed by atoms with Crippen LogP contribution in [0.2, 0.25) is 0 Å². The van der Waals surface area contributed by atoms with Crippen molar-refractivity contribution in [2.75, 3.05) is 6.54 Å². The quantitative estimate of drug-likeness (QED) is 0.864. The third-order valence-electron chi connectivity index (χ3n) is 4.65. The lowest BCUT2D eigenvalue weighted by molar-refractivity contribution is -0.140. The Morgan fingerprint density at radius 1 is 1.24 bits per heavy atom. The van der Waals surface area contributed by atoms with E-state index in [2.05, 4.69) is 6.92 Å². The van der Waals surface area contributed by atoms with Crippen LogP contribution in [-0.4, -0.2) is 23.3 Å². The topological polar surface area (TPSA) is 63.4 Å². The van der Waals surface area contributed by atoms with Crippen LogP contribution in [0.25, 0.3) is 0 Å². The van der Waals surface area contributed by atoms with Crippen LogP contribution >= 0.6 is 0 Å². The van der Waals surface area contributed by atoms with Crippen LogP contribution in [0, 0.1) is 23.6 Å². The minimum absolute atomic E-state index is 0.0555. The lowest BCUT2D eigenvalue weighted by Gasteiger charge is -2.21. The molecular weight excluding hydrogens is 271 g/mol. The average molecular weight is 290 g/mol. The largest absolute Gasteiger partial charge is 0.322 e. The van der Waals surface area contributed by atoms with Gasteiger partial charge in [0.25, 0.3) is 0 Å². The minimum Gasteiger partial charge on any atom is -0.322 e. The number of benzene rings is 1. The fourth-order valence-electron chi connectivity index (χ4n) is 3.60. The predicted octanol–water partition coefficient (Wildman–Crippen LogP) is 1.86. The molecule has 2 fully saturated rings. The Morgan fingerprint density at radius 3 is 2.38 bits per heavy atom. The fraction of sp³-hybridized carbons (Fsp3) is 0.500. The molecule has 1 saturated heterocycles. The molecule has 3 atom stereocenters. The lowest BCUT2D eigenvalue weighted by Crippen LogP contribution is -2.38. The third-order valence-corrected chi connectivity index (χ3v) is 4.65. The molecule has 1 aliphatic heterocycles. The van der Waals surface area contributed by atoms with E-state index in [1.807, 2.05) is 0 Å². The van der Waals surface area contributed by atoms with Gasteiger partial charge in [0.05, 0.1) is 17.9 Å². The number of hydrogen-bond donors (Lipinski definition) is 1. The van der Waals surface area contributed by atoms with Crippen LogP contribution < -0.4 is 5.73 Å². The number of nitrogens with two attached hydrogens (primary N) is 1. The first-order chi connectivity index (χ1) is 9.99. The van der Waals surface area contributed by atoms with Crippen molar-refractivity contribution in [1.82, 2.24) is 4.90 Å². The lowest BCUT2D eigenvalue weighted by atomic mass is 10.00. The van der Waals surface area contributed by atoms with Crippen LogP contribution in [0.5, 0.6) is 0 Å². The van der Waals surface area contributed by atoms with E-state index in [0.29, 0.717) is 11.5 Å². The highest BCUT2D eigenvalue weighted by atomic mass is 19.1. The van der Waals surface area contributed by atoms with Gasteiger partial charge in [-0.05, 0) is 24.8 Å². The monoisotopic (exact) mass is 290 g/mol. The van der Waals surface area contributed by atoms with Gasteiger partial charge in [0, 0.05) is 12.1 Å². The second kappa shape index (κ2) is 5.22. The van der Waals surface area contributed by atoms with Gasteiger partial charge in [-0.25, -0.2) is 4.39 Å². The summed E-state index contributed by atoms with van der Waals surface area (Å²) in [5, 5.41) is 0. The Bertz CT molecular complexity index is 565. The van der Waals surface area contributed by atoms with E-state index in [1.54, 1.807) is 18.2 Å². The van der Waals surface area contributed by atoms with Crippen LogP contribution in [0.1, 0.15) is 31.4 Å². The zero-order valence-electron chi connectivity index (χ0n) is 12.0. The highest BCUT2D eigenvalue weighted by Crippen LogP contribution is 2.43. The Labute approximate surface area is 123 Å². The summed E-state index contributed by atoms with van der Waals surface area (Å²) in [6, 6.07) is 5.52. The second-order valence-corrected chi connectivity index (χ2v) is 6.20. The molecule has 2 N–H and O–H groups in total. The van der Waals surface area contributed by atoms with Gasteiger partial charge >= 0.3 is 0 Å². The minimum atomic E-state index is -0.685. The van der Waals surface area contributed by atoms with Crippen molar-refractivity contribution in [2.24, 2.45) is 23.5 Å². The van der Waals surface area contributed by atoms with Gasteiger partial charge in [-0.1, -0.05) is 25.1 Å². The number of amides is 2. The van der Waals surface area contributed by atoms with Crippen molar-refractivity contribution in [3.8, 4) is 0 Å². The highest BCUT2D eigenvalue weighted by molar-refractivity contribution is 6.05. The highest BCUT2D eigenvalue weighted by Gasteiger charge is 2.51. The molecule has 0 radical (unpaired) electrons. The number of carbonyl (C=O) groups excluding carboxylic acids is 2. The summed E-state index contributed by atoms with van der Waals surface area (Å²) < 4.78 is 13.7. The standard InChI is InChI=1S/C16H19FN2O2/c1-9-6-11-12(7-9)16(21)19(15(11)20)8-14(18)10-4-2-3-5-13(10)17/h2-5,9,11-12,14H,6-8,18H2,1H3. The van der Waals surface area contributed by atoms with E-state index in [-0.39, 0.29) is 30.2 Å². The van der Waals surface area contributed by atoms with Gasteiger partial charge in [0.2, 0.25) is 11.8 Å². The van der Waals surface area contributed by atoms with Gasteiger partial charge in [0.1, 0.15) is 5.82 Å². The van der Waals surface area contributed by atoms with Gasteiger partial charge in [-0.3, -0.25) is 14.5 Å². The molecule has 1 heterocycles. The summed E-state index contributed by atoms with van der Waals surface area (Å²) in [6.07, 6.45) is 1.53. The van der Waals surface area contributed by atoms with E-state index in [0.717, 1.165) is 12.8 Å². The first-order valence-corrected chi connectivity index (χ1v) is 7.34. The Kier molecular flexibility index (Phi) is 3.53. The molecule has 112 valence electrons. The van der Waals surface area contributed by atoms with Crippen LogP contribution in [0.4, 0.5) is 4.39 Å². The molecule has 2 amide bonds. The molecule has 1 aromatic rings. The molecule has 3 rings (SSSR count). The molecule has 3 unspecified atom stereocenters. The van der Waals surface area contributed by atoms with E-state index < -0.39 is 11.9 Å². The molecule has 1 saturated carbocycles. The van der Waals surface area contributed by atoms with Crippen molar-refractivity contribution < 1.29 is 14.0 Å². The van der Waals surface area contributed by atoms with Crippen LogP contribution in [0.3, 0.4) is 0 Å². The molecular formula is C16H19FN2O2. The zero-order valence-corrected chi connectivity index (χ0v) is 12.0. The first kappa shape index (κ1) is 14.2. The van der Waals surface area contributed by atoms with Crippen molar-refractivity contribution in [2.45, 2.75) is 25.8 Å². The molecule has 0 bridgehead atoms. The van der Waals surface area contributed by atoms with Gasteiger partial charge in [0.15, 0.2) is 0 Å². The number of likely N-dealkylation sites (tertiary alicyclic amines) is 1. The summed E-state index contributed by atoms with van der Waals surface area (Å²) in [6.45, 7) is 2.12. The molecule has 2 aliphatic rings. The van der Waals surface area contributed by atoms with Gasteiger partial charge in [-0.15, -0.1) is 0 Å². The van der Waals surface area contributed by atoms with E-state index in [9.17, 15) is 14.0 Å². The summed E-state index contributed by atoms with van der Waals surface area (Å²) >= 11 is 0. The number of rotatable bonds is 3. The summed E-state index contributed by atoms with van der Waals surface area (Å²) in [5.74, 6) is -0.656. The number of carbonyl (C=O) groups is 2. The maximum absolute atomic E-state index is 13.7. The van der Waals surface area contributed by atoms with E-state index in [4.69, 9.17) is 5.73 Å². The number of hydrogen-bond acceptors (Lipinski definition) is 3. The number of halogens is 1. The first-order valence-electron chi connectivity index (χ1n) is 7.34. The number of fused-ring (bicyclic) bond motifs is 1. The smallest absolute Gasteiger partial charge is 0.233 e. The van der Waals surface area contributed by atoms with Crippen LogP contribution in [-0.2, 0) is 9.59 Å². The summed E-state index contributed by atoms with van der Waals surface area (Å²) in [4.78, 5) is 25.9. The molecule has 1 aliphatic carbocycles.